The molecule has 1 amide bonds. The summed E-state index contributed by atoms with van der Waals surface area (Å²) in [5.74, 6) is -1.09. The van der Waals surface area contributed by atoms with Crippen molar-refractivity contribution in [3.05, 3.63) is 52.4 Å². The first-order chi connectivity index (χ1) is 11.3. The Kier molecular flexibility index (Phi) is 5.39. The molecule has 0 saturated carbocycles. The Labute approximate surface area is 140 Å². The highest BCUT2D eigenvalue weighted by atomic mass is 16.5. The van der Waals surface area contributed by atoms with E-state index in [2.05, 4.69) is 10.5 Å². The first-order valence-corrected chi connectivity index (χ1v) is 7.81. The summed E-state index contributed by atoms with van der Waals surface area (Å²) in [6.45, 7) is 7.20. The summed E-state index contributed by atoms with van der Waals surface area (Å²) in [5.41, 5.74) is 3.15. The number of aromatic nitrogens is 1. The zero-order valence-electron chi connectivity index (χ0n) is 14.3. The maximum absolute atomic E-state index is 12.6. The lowest BCUT2D eigenvalue weighted by Gasteiger charge is -2.21. The van der Waals surface area contributed by atoms with Crippen LogP contribution in [0.15, 0.2) is 28.8 Å². The number of carboxylic acids is 1. The van der Waals surface area contributed by atoms with Crippen molar-refractivity contribution < 1.29 is 19.2 Å². The number of aryl methyl sites for hydroxylation is 3. The smallest absolute Gasteiger partial charge is 0.305 e. The second-order valence-electron chi connectivity index (χ2n) is 5.98. The number of nitrogens with one attached hydrogen (secondary N) is 1. The Morgan fingerprint density at radius 1 is 1.25 bits per heavy atom. The second-order valence-corrected chi connectivity index (χ2v) is 5.98. The highest BCUT2D eigenvalue weighted by molar-refractivity contribution is 5.84. The van der Waals surface area contributed by atoms with E-state index in [9.17, 15) is 14.7 Å². The summed E-state index contributed by atoms with van der Waals surface area (Å²) in [5, 5.41) is 15.9. The van der Waals surface area contributed by atoms with Gasteiger partial charge in [-0.05, 0) is 38.8 Å². The van der Waals surface area contributed by atoms with Gasteiger partial charge in [0.15, 0.2) is 0 Å². The van der Waals surface area contributed by atoms with Gasteiger partial charge in [-0.2, -0.15) is 0 Å². The number of hydrogen-bond acceptors (Lipinski definition) is 4. The summed E-state index contributed by atoms with van der Waals surface area (Å²) in [6.07, 6.45) is -0.176. The Morgan fingerprint density at radius 2 is 1.92 bits per heavy atom. The van der Waals surface area contributed by atoms with Gasteiger partial charge in [0, 0.05) is 5.56 Å². The van der Waals surface area contributed by atoms with E-state index in [1.54, 1.807) is 20.8 Å². The van der Waals surface area contributed by atoms with Crippen LogP contribution >= 0.6 is 0 Å². The van der Waals surface area contributed by atoms with Gasteiger partial charge in [-0.1, -0.05) is 29.4 Å². The summed E-state index contributed by atoms with van der Waals surface area (Å²) in [7, 11) is 0. The van der Waals surface area contributed by atoms with Gasteiger partial charge in [0.2, 0.25) is 5.91 Å². The third kappa shape index (κ3) is 3.82. The lowest BCUT2D eigenvalue weighted by molar-refractivity contribution is -0.137. The van der Waals surface area contributed by atoms with E-state index in [0.29, 0.717) is 11.5 Å². The van der Waals surface area contributed by atoms with E-state index in [-0.39, 0.29) is 12.3 Å². The second kappa shape index (κ2) is 7.29. The van der Waals surface area contributed by atoms with Crippen LogP contribution in [0.5, 0.6) is 0 Å². The molecule has 1 aromatic carbocycles. The number of aliphatic carboxylic acids is 1. The lowest BCUT2D eigenvalue weighted by atomic mass is 9.95. The first kappa shape index (κ1) is 17.7. The predicted octanol–water partition coefficient (Wildman–Crippen LogP) is 3.04. The molecule has 1 heterocycles. The third-order valence-corrected chi connectivity index (χ3v) is 4.17. The fourth-order valence-electron chi connectivity index (χ4n) is 2.93. The SMILES string of the molecule is Cc1ccccc1[C@@H](CC(=O)O)NC(=O)[C@@H](C)c1c(C)noc1C. The van der Waals surface area contributed by atoms with Gasteiger partial charge < -0.3 is 14.9 Å². The molecular weight excluding hydrogens is 308 g/mol. The molecule has 0 saturated heterocycles. The third-order valence-electron chi connectivity index (χ3n) is 4.17. The largest absolute Gasteiger partial charge is 0.481 e. The topological polar surface area (TPSA) is 92.4 Å². The van der Waals surface area contributed by atoms with Crippen molar-refractivity contribution in [1.82, 2.24) is 10.5 Å². The average molecular weight is 330 g/mol. The number of carboxylic acid groups (broad SMARTS) is 1. The van der Waals surface area contributed by atoms with E-state index < -0.39 is 17.9 Å². The molecule has 24 heavy (non-hydrogen) atoms. The van der Waals surface area contributed by atoms with Crippen LogP contribution in [0.2, 0.25) is 0 Å². The number of rotatable bonds is 6. The molecular formula is C18H22N2O4. The standard InChI is InChI=1S/C18H22N2O4/c1-10-7-5-6-8-14(10)15(9-16(21)22)19-18(23)11(2)17-12(3)20-24-13(17)4/h5-8,11,15H,9H2,1-4H3,(H,19,23)(H,21,22)/t11-,15+/m0/s1. The van der Waals surface area contributed by atoms with Crippen LogP contribution < -0.4 is 5.32 Å². The van der Waals surface area contributed by atoms with Crippen molar-refractivity contribution in [2.75, 3.05) is 0 Å². The minimum Gasteiger partial charge on any atom is -0.481 e. The molecule has 0 aliphatic rings. The molecule has 6 heteroatoms. The maximum atomic E-state index is 12.6. The van der Waals surface area contributed by atoms with Crippen molar-refractivity contribution in [3.63, 3.8) is 0 Å². The van der Waals surface area contributed by atoms with Gasteiger partial charge in [-0.15, -0.1) is 0 Å². The van der Waals surface area contributed by atoms with Crippen LogP contribution in [0.4, 0.5) is 0 Å². The van der Waals surface area contributed by atoms with E-state index in [1.165, 1.54) is 0 Å². The molecule has 1 aromatic heterocycles. The van der Waals surface area contributed by atoms with Gasteiger partial charge >= 0.3 is 5.97 Å². The Hall–Kier alpha value is -2.63. The molecule has 0 aliphatic carbocycles. The number of carbonyl (C=O) groups is 2. The molecule has 0 unspecified atom stereocenters. The highest BCUT2D eigenvalue weighted by Crippen LogP contribution is 2.26. The Morgan fingerprint density at radius 3 is 2.46 bits per heavy atom. The van der Waals surface area contributed by atoms with Gasteiger partial charge in [0.25, 0.3) is 0 Å². The summed E-state index contributed by atoms with van der Waals surface area (Å²) >= 11 is 0. The van der Waals surface area contributed by atoms with Crippen molar-refractivity contribution >= 4 is 11.9 Å². The molecule has 2 aromatic rings. The minimum atomic E-state index is -0.964. The maximum Gasteiger partial charge on any atom is 0.305 e. The van der Waals surface area contributed by atoms with Crippen molar-refractivity contribution in [2.45, 2.75) is 46.1 Å². The number of amides is 1. The van der Waals surface area contributed by atoms with E-state index in [0.717, 1.165) is 16.7 Å². The molecule has 0 bridgehead atoms. The number of nitrogens with zero attached hydrogens (tertiary/aromatic N) is 1. The fourth-order valence-corrected chi connectivity index (χ4v) is 2.93. The highest BCUT2D eigenvalue weighted by Gasteiger charge is 2.26. The van der Waals surface area contributed by atoms with Crippen molar-refractivity contribution in [3.8, 4) is 0 Å². The average Bonchev–Trinajstić information content (AvgIpc) is 2.85. The van der Waals surface area contributed by atoms with E-state index in [4.69, 9.17) is 4.52 Å². The van der Waals surface area contributed by atoms with Crippen molar-refractivity contribution in [1.29, 1.82) is 0 Å². The molecule has 0 fully saturated rings. The molecule has 128 valence electrons. The molecule has 2 atom stereocenters. The van der Waals surface area contributed by atoms with E-state index in [1.807, 2.05) is 31.2 Å². The van der Waals surface area contributed by atoms with E-state index >= 15 is 0 Å². The lowest BCUT2D eigenvalue weighted by Crippen LogP contribution is -2.34. The zero-order chi connectivity index (χ0) is 17.9. The minimum absolute atomic E-state index is 0.176. The van der Waals surface area contributed by atoms with Crippen LogP contribution in [-0.4, -0.2) is 22.1 Å². The number of benzene rings is 1. The summed E-state index contributed by atoms with van der Waals surface area (Å²) < 4.78 is 5.12. The normalized spacial score (nSPS) is 13.3. The Bertz CT molecular complexity index is 732. The number of hydrogen-bond donors (Lipinski definition) is 2. The molecule has 0 aliphatic heterocycles. The molecule has 2 rings (SSSR count). The van der Waals surface area contributed by atoms with Crippen LogP contribution in [0, 0.1) is 20.8 Å². The predicted molar refractivity (Wildman–Crippen MR) is 88.7 cm³/mol. The van der Waals surface area contributed by atoms with Gasteiger partial charge in [-0.3, -0.25) is 9.59 Å². The van der Waals surface area contributed by atoms with Crippen LogP contribution in [0.25, 0.3) is 0 Å². The summed E-state index contributed by atoms with van der Waals surface area (Å²) in [6, 6.07) is 6.86. The van der Waals surface area contributed by atoms with Gasteiger partial charge in [0.05, 0.1) is 24.1 Å². The van der Waals surface area contributed by atoms with Crippen LogP contribution in [-0.2, 0) is 9.59 Å². The first-order valence-electron chi connectivity index (χ1n) is 7.81. The molecule has 0 radical (unpaired) electrons. The Balaban J connectivity index is 2.25. The molecule has 2 N–H and O–H groups in total. The van der Waals surface area contributed by atoms with Crippen LogP contribution in [0.1, 0.15) is 53.4 Å². The zero-order valence-corrected chi connectivity index (χ0v) is 14.3. The molecule has 0 spiro atoms. The van der Waals surface area contributed by atoms with Gasteiger partial charge in [-0.25, -0.2) is 0 Å². The molecule has 6 nitrogen and oxygen atoms in total. The van der Waals surface area contributed by atoms with Crippen molar-refractivity contribution in [2.24, 2.45) is 0 Å². The summed E-state index contributed by atoms with van der Waals surface area (Å²) in [4.78, 5) is 23.9. The van der Waals surface area contributed by atoms with Crippen LogP contribution in [0.3, 0.4) is 0 Å². The fraction of sp³-hybridized carbons (Fsp3) is 0.389. The van der Waals surface area contributed by atoms with Gasteiger partial charge in [0.1, 0.15) is 5.76 Å². The quantitative estimate of drug-likeness (QED) is 0.849. The monoisotopic (exact) mass is 330 g/mol. The number of carbonyl (C=O) groups excluding carboxylic acids is 1.